The van der Waals surface area contributed by atoms with Crippen molar-refractivity contribution >= 4 is 33.4 Å². The number of alkyl halides is 1. The summed E-state index contributed by atoms with van der Waals surface area (Å²) in [6, 6.07) is 4.61. The van der Waals surface area contributed by atoms with Gasteiger partial charge in [0, 0.05) is 22.9 Å². The minimum absolute atomic E-state index is 0.0477. The van der Waals surface area contributed by atoms with Gasteiger partial charge in [-0.05, 0) is 37.0 Å². The second kappa shape index (κ2) is 6.14. The van der Waals surface area contributed by atoms with Crippen molar-refractivity contribution in [3.05, 3.63) is 28.8 Å². The molecule has 0 radical (unpaired) electrons. The third-order valence-electron chi connectivity index (χ3n) is 3.67. The summed E-state index contributed by atoms with van der Waals surface area (Å²) in [5.74, 6) is 0.450. The zero-order chi connectivity index (χ0) is 14.0. The Kier molecular flexibility index (Phi) is 4.74. The summed E-state index contributed by atoms with van der Waals surface area (Å²) >= 11 is 9.37. The van der Waals surface area contributed by atoms with Gasteiger partial charge in [0.05, 0.1) is 5.56 Å². The Morgan fingerprint density at radius 1 is 1.47 bits per heavy atom. The van der Waals surface area contributed by atoms with Gasteiger partial charge in [0.15, 0.2) is 0 Å². The molecule has 1 fully saturated rings. The van der Waals surface area contributed by atoms with Crippen LogP contribution in [0.4, 0.5) is 0 Å². The van der Waals surface area contributed by atoms with E-state index in [1.54, 1.807) is 17.0 Å². The van der Waals surface area contributed by atoms with Crippen molar-refractivity contribution in [2.45, 2.75) is 24.6 Å². The number of nitrogens with zero attached hydrogens (tertiary/aromatic N) is 1. The molecule has 1 aromatic rings. The molecule has 19 heavy (non-hydrogen) atoms. The maximum Gasteiger partial charge on any atom is 0.257 e. The van der Waals surface area contributed by atoms with Crippen LogP contribution in [-0.2, 0) is 0 Å². The first-order chi connectivity index (χ1) is 8.99. The summed E-state index contributed by atoms with van der Waals surface area (Å²) in [6.45, 7) is 3.62. The van der Waals surface area contributed by atoms with Crippen LogP contribution in [0.2, 0.25) is 5.02 Å². The molecule has 0 spiro atoms. The van der Waals surface area contributed by atoms with Crippen molar-refractivity contribution in [1.29, 1.82) is 0 Å². The molecule has 1 aliphatic heterocycles. The average molecular weight is 347 g/mol. The normalized spacial score (nSPS) is 18.4. The molecule has 3 nitrogen and oxygen atoms in total. The number of hydrogen-bond acceptors (Lipinski definition) is 2. The molecule has 1 unspecified atom stereocenters. The van der Waals surface area contributed by atoms with Crippen LogP contribution >= 0.6 is 27.5 Å². The second-order valence-electron chi connectivity index (χ2n) is 4.97. The summed E-state index contributed by atoms with van der Waals surface area (Å²) < 4.78 is 0. The van der Waals surface area contributed by atoms with Crippen LogP contribution in [0, 0.1) is 5.92 Å². The van der Waals surface area contributed by atoms with Crippen molar-refractivity contribution in [2.24, 2.45) is 5.92 Å². The maximum atomic E-state index is 12.3. The first kappa shape index (κ1) is 14.7. The Bertz CT molecular complexity index is 471. The van der Waals surface area contributed by atoms with Crippen LogP contribution in [0.5, 0.6) is 5.75 Å². The van der Waals surface area contributed by atoms with Gasteiger partial charge in [-0.15, -0.1) is 0 Å². The zero-order valence-electron chi connectivity index (χ0n) is 10.8. The molecule has 1 heterocycles. The van der Waals surface area contributed by atoms with E-state index in [4.69, 9.17) is 11.6 Å². The summed E-state index contributed by atoms with van der Waals surface area (Å²) in [4.78, 5) is 14.6. The van der Waals surface area contributed by atoms with E-state index < -0.39 is 0 Å². The lowest BCUT2D eigenvalue weighted by Gasteiger charge is -2.33. The minimum atomic E-state index is -0.116. The third-order valence-corrected chi connectivity index (χ3v) is 4.65. The molecular weight excluding hydrogens is 330 g/mol. The van der Waals surface area contributed by atoms with Gasteiger partial charge < -0.3 is 10.0 Å². The summed E-state index contributed by atoms with van der Waals surface area (Å²) in [5, 5.41) is 10.2. The summed E-state index contributed by atoms with van der Waals surface area (Å²) in [7, 11) is 0. The Hall–Kier alpha value is -0.740. The van der Waals surface area contributed by atoms with Gasteiger partial charge in [0.2, 0.25) is 0 Å². The van der Waals surface area contributed by atoms with Gasteiger partial charge in [0.25, 0.3) is 5.91 Å². The van der Waals surface area contributed by atoms with Crippen LogP contribution in [0.15, 0.2) is 18.2 Å². The van der Waals surface area contributed by atoms with E-state index in [9.17, 15) is 9.90 Å². The number of hydrogen-bond donors (Lipinski definition) is 1. The van der Waals surface area contributed by atoms with E-state index in [1.807, 2.05) is 0 Å². The molecule has 0 aliphatic carbocycles. The lowest BCUT2D eigenvalue weighted by molar-refractivity contribution is 0.0688. The Labute approximate surface area is 126 Å². The first-order valence-electron chi connectivity index (χ1n) is 6.41. The van der Waals surface area contributed by atoms with E-state index in [2.05, 4.69) is 22.9 Å². The average Bonchev–Trinajstić information content (AvgIpc) is 2.38. The summed E-state index contributed by atoms with van der Waals surface area (Å²) in [5.41, 5.74) is 0.328. The first-order valence-corrected chi connectivity index (χ1v) is 7.70. The molecule has 1 saturated heterocycles. The lowest BCUT2D eigenvalue weighted by atomic mass is 9.94. The molecule has 1 aliphatic rings. The van der Waals surface area contributed by atoms with Gasteiger partial charge >= 0.3 is 0 Å². The van der Waals surface area contributed by atoms with Crippen molar-refractivity contribution in [3.63, 3.8) is 0 Å². The molecule has 1 amide bonds. The van der Waals surface area contributed by atoms with Gasteiger partial charge in [-0.1, -0.05) is 34.5 Å². The van der Waals surface area contributed by atoms with E-state index in [1.165, 1.54) is 6.07 Å². The van der Waals surface area contributed by atoms with Gasteiger partial charge in [-0.2, -0.15) is 0 Å². The van der Waals surface area contributed by atoms with Crippen LogP contribution in [0.1, 0.15) is 30.1 Å². The molecule has 0 bridgehead atoms. The summed E-state index contributed by atoms with van der Waals surface area (Å²) in [6.07, 6.45) is 1.99. The number of carbonyl (C=O) groups excluding carboxylic acids is 1. The highest BCUT2D eigenvalue weighted by molar-refractivity contribution is 9.09. The molecule has 5 heteroatoms. The van der Waals surface area contributed by atoms with E-state index >= 15 is 0 Å². The zero-order valence-corrected chi connectivity index (χ0v) is 13.1. The number of likely N-dealkylation sites (tertiary alicyclic amines) is 1. The number of carbonyl (C=O) groups is 1. The number of amides is 1. The highest BCUT2D eigenvalue weighted by Crippen LogP contribution is 2.28. The number of benzene rings is 1. The number of rotatable bonds is 2. The number of halogens is 2. The smallest absolute Gasteiger partial charge is 0.257 e. The fraction of sp³-hybridized carbons (Fsp3) is 0.500. The molecule has 104 valence electrons. The molecular formula is C14H17BrClNO2. The van der Waals surface area contributed by atoms with Crippen LogP contribution in [-0.4, -0.2) is 33.8 Å². The van der Waals surface area contributed by atoms with Crippen molar-refractivity contribution in [1.82, 2.24) is 4.90 Å². The van der Waals surface area contributed by atoms with Crippen LogP contribution < -0.4 is 0 Å². The standard InChI is InChI=1S/C14H17BrClNO2/c1-9(15)10-4-6-17(7-5-10)14(19)12-3-2-11(16)8-13(12)18/h2-3,8-10,18H,4-7H2,1H3. The Morgan fingerprint density at radius 3 is 2.63 bits per heavy atom. The van der Waals surface area contributed by atoms with E-state index in [0.717, 1.165) is 25.9 Å². The minimum Gasteiger partial charge on any atom is -0.507 e. The van der Waals surface area contributed by atoms with Crippen molar-refractivity contribution in [2.75, 3.05) is 13.1 Å². The Morgan fingerprint density at radius 2 is 2.11 bits per heavy atom. The molecule has 1 N–H and O–H groups in total. The number of phenolic OH excluding ortho intramolecular Hbond substituents is 1. The van der Waals surface area contributed by atoms with Gasteiger partial charge in [-0.3, -0.25) is 4.79 Å². The van der Waals surface area contributed by atoms with Crippen molar-refractivity contribution < 1.29 is 9.90 Å². The predicted octanol–water partition coefficient (Wildman–Crippen LogP) is 3.68. The number of aromatic hydroxyl groups is 1. The largest absolute Gasteiger partial charge is 0.507 e. The SMILES string of the molecule is CC(Br)C1CCN(C(=O)c2ccc(Cl)cc2O)CC1. The molecule has 1 aromatic carbocycles. The highest BCUT2D eigenvalue weighted by Gasteiger charge is 2.26. The van der Waals surface area contributed by atoms with Crippen molar-refractivity contribution in [3.8, 4) is 5.75 Å². The van der Waals surface area contributed by atoms with Crippen LogP contribution in [0.25, 0.3) is 0 Å². The van der Waals surface area contributed by atoms with Crippen LogP contribution in [0.3, 0.4) is 0 Å². The van der Waals surface area contributed by atoms with Gasteiger partial charge in [-0.25, -0.2) is 0 Å². The van der Waals surface area contributed by atoms with E-state index in [0.29, 0.717) is 21.3 Å². The molecule has 0 aromatic heterocycles. The monoisotopic (exact) mass is 345 g/mol. The number of piperidine rings is 1. The second-order valence-corrected chi connectivity index (χ2v) is 6.85. The maximum absolute atomic E-state index is 12.3. The third kappa shape index (κ3) is 3.42. The fourth-order valence-electron chi connectivity index (χ4n) is 2.42. The molecule has 2 rings (SSSR count). The van der Waals surface area contributed by atoms with E-state index in [-0.39, 0.29) is 11.7 Å². The molecule has 1 atom stereocenters. The lowest BCUT2D eigenvalue weighted by Crippen LogP contribution is -2.39. The number of phenols is 1. The highest BCUT2D eigenvalue weighted by atomic mass is 79.9. The topological polar surface area (TPSA) is 40.5 Å². The predicted molar refractivity (Wildman–Crippen MR) is 80.1 cm³/mol. The Balaban J connectivity index is 2.05. The fourth-order valence-corrected chi connectivity index (χ4v) is 3.11. The quantitative estimate of drug-likeness (QED) is 0.830. The van der Waals surface area contributed by atoms with Gasteiger partial charge in [0.1, 0.15) is 5.75 Å². The molecule has 0 saturated carbocycles.